The zero-order chi connectivity index (χ0) is 14.8. The number of imidazole rings is 1. The number of hydrogen-bond acceptors (Lipinski definition) is 1. The van der Waals surface area contributed by atoms with Gasteiger partial charge in [0.1, 0.15) is 11.6 Å². The van der Waals surface area contributed by atoms with E-state index in [2.05, 4.69) is 16.5 Å². The van der Waals surface area contributed by atoms with Crippen molar-refractivity contribution in [1.29, 1.82) is 0 Å². The Morgan fingerprint density at radius 3 is 3.00 bits per heavy atom. The fourth-order valence-corrected chi connectivity index (χ4v) is 3.82. The smallest absolute Gasteiger partial charge is 0.125 e. The van der Waals surface area contributed by atoms with Gasteiger partial charge in [-0.1, -0.05) is 26.2 Å². The van der Waals surface area contributed by atoms with Gasteiger partial charge in [-0.2, -0.15) is 0 Å². The number of aryl methyl sites for hydroxylation is 1. The maximum atomic E-state index is 13.7. The summed E-state index contributed by atoms with van der Waals surface area (Å²) in [7, 11) is 0. The van der Waals surface area contributed by atoms with Crippen molar-refractivity contribution in [3.05, 3.63) is 29.8 Å². The van der Waals surface area contributed by atoms with Crippen molar-refractivity contribution in [2.24, 2.45) is 5.92 Å². The van der Waals surface area contributed by atoms with Crippen molar-refractivity contribution < 1.29 is 4.39 Å². The SMILES string of the molecule is CCC1CCCC(n2c(CCCl)nc3ccc(F)cc32)C1. The van der Waals surface area contributed by atoms with Crippen molar-refractivity contribution in [2.45, 2.75) is 51.5 Å². The lowest BCUT2D eigenvalue weighted by atomic mass is 9.84. The van der Waals surface area contributed by atoms with Gasteiger partial charge in [0.25, 0.3) is 0 Å². The van der Waals surface area contributed by atoms with Gasteiger partial charge in [0, 0.05) is 18.3 Å². The molecule has 0 radical (unpaired) electrons. The molecule has 1 fully saturated rings. The number of alkyl halides is 1. The van der Waals surface area contributed by atoms with Crippen molar-refractivity contribution in [3.8, 4) is 0 Å². The Morgan fingerprint density at radius 2 is 2.24 bits per heavy atom. The van der Waals surface area contributed by atoms with Crippen LogP contribution in [0.25, 0.3) is 11.0 Å². The summed E-state index contributed by atoms with van der Waals surface area (Å²) in [6.45, 7) is 2.26. The van der Waals surface area contributed by atoms with Crippen molar-refractivity contribution >= 4 is 22.6 Å². The monoisotopic (exact) mass is 308 g/mol. The summed E-state index contributed by atoms with van der Waals surface area (Å²) in [6, 6.07) is 5.32. The first-order chi connectivity index (χ1) is 10.2. The molecule has 114 valence electrons. The van der Waals surface area contributed by atoms with Gasteiger partial charge in [-0.3, -0.25) is 0 Å². The van der Waals surface area contributed by atoms with E-state index in [1.54, 1.807) is 12.1 Å². The van der Waals surface area contributed by atoms with Crippen molar-refractivity contribution in [2.75, 3.05) is 5.88 Å². The zero-order valence-electron chi connectivity index (χ0n) is 12.5. The lowest BCUT2D eigenvalue weighted by Crippen LogP contribution is -2.20. The number of halogens is 2. The Morgan fingerprint density at radius 1 is 1.38 bits per heavy atom. The van der Waals surface area contributed by atoms with Crippen LogP contribution in [-0.2, 0) is 6.42 Å². The number of fused-ring (bicyclic) bond motifs is 1. The van der Waals surface area contributed by atoms with Gasteiger partial charge in [0.2, 0.25) is 0 Å². The molecule has 0 amide bonds. The number of aromatic nitrogens is 2. The Hall–Kier alpha value is -1.09. The van der Waals surface area contributed by atoms with E-state index in [1.807, 2.05) is 0 Å². The fraction of sp³-hybridized carbons (Fsp3) is 0.588. The van der Waals surface area contributed by atoms with E-state index < -0.39 is 0 Å². The maximum absolute atomic E-state index is 13.7. The topological polar surface area (TPSA) is 17.8 Å². The number of hydrogen-bond donors (Lipinski definition) is 0. The minimum atomic E-state index is -0.191. The highest BCUT2D eigenvalue weighted by atomic mass is 35.5. The van der Waals surface area contributed by atoms with Crippen LogP contribution >= 0.6 is 11.6 Å². The third-order valence-corrected chi connectivity index (χ3v) is 4.93. The molecule has 3 rings (SSSR count). The summed E-state index contributed by atoms with van der Waals surface area (Å²) in [6.07, 6.45) is 6.87. The van der Waals surface area contributed by atoms with Crippen LogP contribution in [0.2, 0.25) is 0 Å². The Bertz CT molecular complexity index is 623. The minimum Gasteiger partial charge on any atom is -0.325 e. The third-order valence-electron chi connectivity index (χ3n) is 4.74. The highest BCUT2D eigenvalue weighted by molar-refractivity contribution is 6.17. The molecule has 1 aromatic heterocycles. The summed E-state index contributed by atoms with van der Waals surface area (Å²) < 4.78 is 15.9. The first kappa shape index (κ1) is 14.8. The Labute approximate surface area is 130 Å². The second-order valence-electron chi connectivity index (χ2n) is 6.06. The molecule has 0 bridgehead atoms. The van der Waals surface area contributed by atoms with Gasteiger partial charge in [0.15, 0.2) is 0 Å². The first-order valence-corrected chi connectivity index (χ1v) is 8.48. The summed E-state index contributed by atoms with van der Waals surface area (Å²) in [5.74, 6) is 2.14. The maximum Gasteiger partial charge on any atom is 0.125 e. The van der Waals surface area contributed by atoms with Crippen LogP contribution in [0.1, 0.15) is 50.9 Å². The standard InChI is InChI=1S/C17H22ClFN2/c1-2-12-4-3-5-14(10-12)21-16-11-13(19)6-7-15(16)20-17(21)8-9-18/h6-7,11-12,14H,2-5,8-10H2,1H3. The predicted octanol–water partition coefficient (Wildman–Crippen LogP) is 5.10. The van der Waals surface area contributed by atoms with E-state index >= 15 is 0 Å². The molecular weight excluding hydrogens is 287 g/mol. The molecule has 4 heteroatoms. The zero-order valence-corrected chi connectivity index (χ0v) is 13.2. The van der Waals surface area contributed by atoms with Gasteiger partial charge in [-0.15, -0.1) is 11.6 Å². The van der Waals surface area contributed by atoms with Crippen molar-refractivity contribution in [3.63, 3.8) is 0 Å². The Kier molecular flexibility index (Phi) is 4.48. The second kappa shape index (κ2) is 6.35. The number of nitrogens with zero attached hydrogens (tertiary/aromatic N) is 2. The lowest BCUT2D eigenvalue weighted by molar-refractivity contribution is 0.261. The normalized spacial score (nSPS) is 22.8. The van der Waals surface area contributed by atoms with Crippen LogP contribution in [0.4, 0.5) is 4.39 Å². The van der Waals surface area contributed by atoms with Crippen LogP contribution < -0.4 is 0 Å². The van der Waals surface area contributed by atoms with Crippen LogP contribution in [0.15, 0.2) is 18.2 Å². The molecular formula is C17H22ClFN2. The molecule has 1 aliphatic carbocycles. The second-order valence-corrected chi connectivity index (χ2v) is 6.44. The summed E-state index contributed by atoms with van der Waals surface area (Å²) in [5.41, 5.74) is 1.81. The van der Waals surface area contributed by atoms with Gasteiger partial charge in [0.05, 0.1) is 11.0 Å². The summed E-state index contributed by atoms with van der Waals surface area (Å²) in [5, 5.41) is 0. The molecule has 0 saturated heterocycles. The molecule has 2 unspecified atom stereocenters. The van der Waals surface area contributed by atoms with Gasteiger partial charge in [-0.05, 0) is 37.0 Å². The molecule has 1 aromatic carbocycles. The molecule has 1 heterocycles. The highest BCUT2D eigenvalue weighted by Crippen LogP contribution is 2.37. The molecule has 1 aliphatic rings. The van der Waals surface area contributed by atoms with Crippen LogP contribution in [0, 0.1) is 11.7 Å². The van der Waals surface area contributed by atoms with E-state index in [0.29, 0.717) is 11.9 Å². The van der Waals surface area contributed by atoms with Crippen molar-refractivity contribution in [1.82, 2.24) is 9.55 Å². The average molecular weight is 309 g/mol. The van der Waals surface area contributed by atoms with E-state index in [1.165, 1.54) is 31.7 Å². The molecule has 2 aromatic rings. The lowest BCUT2D eigenvalue weighted by Gasteiger charge is -2.31. The first-order valence-electron chi connectivity index (χ1n) is 7.95. The number of benzene rings is 1. The van der Waals surface area contributed by atoms with Gasteiger partial charge < -0.3 is 4.57 Å². The average Bonchev–Trinajstić information content (AvgIpc) is 2.85. The van der Waals surface area contributed by atoms with E-state index in [9.17, 15) is 4.39 Å². The molecule has 0 spiro atoms. The fourth-order valence-electron chi connectivity index (χ4n) is 3.65. The summed E-state index contributed by atoms with van der Waals surface area (Å²) >= 11 is 5.93. The molecule has 2 atom stereocenters. The molecule has 1 saturated carbocycles. The molecule has 0 N–H and O–H groups in total. The largest absolute Gasteiger partial charge is 0.325 e. The quantitative estimate of drug-likeness (QED) is 0.719. The van der Waals surface area contributed by atoms with E-state index in [4.69, 9.17) is 11.6 Å². The number of rotatable bonds is 4. The van der Waals surface area contributed by atoms with Crippen LogP contribution in [0.5, 0.6) is 0 Å². The minimum absolute atomic E-state index is 0.191. The molecule has 0 aliphatic heterocycles. The van der Waals surface area contributed by atoms with Crippen LogP contribution in [-0.4, -0.2) is 15.4 Å². The van der Waals surface area contributed by atoms with Gasteiger partial charge in [-0.25, -0.2) is 9.37 Å². The Balaban J connectivity index is 2.05. The third kappa shape index (κ3) is 2.94. The summed E-state index contributed by atoms with van der Waals surface area (Å²) in [4.78, 5) is 4.68. The van der Waals surface area contributed by atoms with E-state index in [0.717, 1.165) is 35.6 Å². The van der Waals surface area contributed by atoms with Crippen LogP contribution in [0.3, 0.4) is 0 Å². The predicted molar refractivity (Wildman–Crippen MR) is 85.4 cm³/mol. The highest BCUT2D eigenvalue weighted by Gasteiger charge is 2.25. The van der Waals surface area contributed by atoms with Gasteiger partial charge >= 0.3 is 0 Å². The van der Waals surface area contributed by atoms with E-state index in [-0.39, 0.29) is 5.82 Å². The molecule has 21 heavy (non-hydrogen) atoms. The molecule has 2 nitrogen and oxygen atoms in total.